The highest BCUT2D eigenvalue weighted by molar-refractivity contribution is 7.89. The van der Waals surface area contributed by atoms with Crippen LogP contribution in [0, 0.1) is 13.8 Å². The molecule has 0 bridgehead atoms. The normalized spacial score (nSPS) is 19.3. The maximum absolute atomic E-state index is 13.7. The second-order valence-electron chi connectivity index (χ2n) is 8.91. The molecule has 0 saturated carbocycles. The molecule has 0 spiro atoms. The number of allylic oxidation sites excluding steroid dienone is 1. The number of nitrogens with zero attached hydrogens (tertiary/aromatic N) is 2. The number of imide groups is 1. The summed E-state index contributed by atoms with van der Waals surface area (Å²) >= 11 is 0. The van der Waals surface area contributed by atoms with Gasteiger partial charge in [-0.15, -0.1) is 0 Å². The summed E-state index contributed by atoms with van der Waals surface area (Å²) in [6.45, 7) is 3.99. The molecular formula is C26H30N2O4S. The zero-order valence-electron chi connectivity index (χ0n) is 19.2. The molecule has 0 radical (unpaired) electrons. The van der Waals surface area contributed by atoms with E-state index in [0.29, 0.717) is 12.1 Å². The topological polar surface area (TPSA) is 74.8 Å². The number of sulfonamides is 1. The lowest BCUT2D eigenvalue weighted by Gasteiger charge is -2.28. The second kappa shape index (κ2) is 9.61. The molecule has 2 amide bonds. The Morgan fingerprint density at radius 3 is 2.18 bits per heavy atom. The van der Waals surface area contributed by atoms with Gasteiger partial charge in [0.1, 0.15) is 6.04 Å². The monoisotopic (exact) mass is 466 g/mol. The Labute approximate surface area is 195 Å². The van der Waals surface area contributed by atoms with Crippen LogP contribution in [0.5, 0.6) is 0 Å². The van der Waals surface area contributed by atoms with Crippen LogP contribution in [0.4, 0.5) is 5.69 Å². The molecule has 33 heavy (non-hydrogen) atoms. The van der Waals surface area contributed by atoms with Crippen LogP contribution in [0.2, 0.25) is 0 Å². The smallest absolute Gasteiger partial charge is 0.252 e. The fraction of sp³-hybridized carbons (Fsp3) is 0.385. The van der Waals surface area contributed by atoms with Gasteiger partial charge in [0.25, 0.3) is 5.91 Å². The van der Waals surface area contributed by atoms with Crippen molar-refractivity contribution in [2.75, 3.05) is 11.4 Å². The molecule has 4 rings (SSSR count). The minimum atomic E-state index is -3.96. The molecule has 1 unspecified atom stereocenters. The number of hydrogen-bond acceptors (Lipinski definition) is 4. The molecule has 2 aromatic rings. The molecular weight excluding hydrogens is 436 g/mol. The molecule has 1 aliphatic heterocycles. The third-order valence-electron chi connectivity index (χ3n) is 6.43. The third-order valence-corrected chi connectivity index (χ3v) is 8.35. The molecule has 2 aromatic carbocycles. The lowest BCUT2D eigenvalue weighted by molar-refractivity contribution is -0.122. The van der Waals surface area contributed by atoms with Gasteiger partial charge in [0.2, 0.25) is 15.9 Å². The number of benzene rings is 2. The fourth-order valence-electron chi connectivity index (χ4n) is 4.48. The van der Waals surface area contributed by atoms with Crippen LogP contribution < -0.4 is 4.90 Å². The fourth-order valence-corrected chi connectivity index (χ4v) is 6.06. The van der Waals surface area contributed by atoms with E-state index in [1.165, 1.54) is 9.88 Å². The van der Waals surface area contributed by atoms with E-state index in [1.807, 2.05) is 26.0 Å². The van der Waals surface area contributed by atoms with E-state index < -0.39 is 22.0 Å². The maximum Gasteiger partial charge on any atom is 0.252 e. The van der Waals surface area contributed by atoms with Crippen molar-refractivity contribution in [2.24, 2.45) is 0 Å². The first-order valence-electron chi connectivity index (χ1n) is 11.5. The van der Waals surface area contributed by atoms with Crippen LogP contribution in [0.3, 0.4) is 0 Å². The molecule has 1 fully saturated rings. The van der Waals surface area contributed by atoms with Crippen molar-refractivity contribution in [3.05, 3.63) is 71.3 Å². The average Bonchev–Trinajstić information content (AvgIpc) is 3.09. The Hall–Kier alpha value is -2.77. The van der Waals surface area contributed by atoms with Crippen molar-refractivity contribution in [1.29, 1.82) is 0 Å². The number of rotatable bonds is 7. The summed E-state index contributed by atoms with van der Waals surface area (Å²) in [6.07, 6.45) is 6.78. The van der Waals surface area contributed by atoms with E-state index in [-0.39, 0.29) is 23.8 Å². The Bertz CT molecular complexity index is 1170. The van der Waals surface area contributed by atoms with Gasteiger partial charge in [0.05, 0.1) is 17.0 Å². The van der Waals surface area contributed by atoms with Crippen LogP contribution in [0.15, 0.2) is 65.1 Å². The number of hydrogen-bond donors (Lipinski definition) is 0. The van der Waals surface area contributed by atoms with Gasteiger partial charge >= 0.3 is 0 Å². The van der Waals surface area contributed by atoms with Gasteiger partial charge in [-0.05, 0) is 70.2 Å². The van der Waals surface area contributed by atoms with Gasteiger partial charge in [-0.1, -0.05) is 47.0 Å². The standard InChI is InChI=1S/C26H30N2O4S/c1-19-8-12-22(13-9-19)28-25(29)18-24(26(28)30)27(17-16-21-6-4-3-5-7-21)33(31,32)23-14-10-20(2)11-15-23/h6,8-15,24H,3-5,7,16-18H2,1-2H3. The van der Waals surface area contributed by atoms with Gasteiger partial charge in [-0.3, -0.25) is 9.59 Å². The molecule has 1 heterocycles. The molecule has 1 aliphatic carbocycles. The zero-order chi connectivity index (χ0) is 23.6. The SMILES string of the molecule is Cc1ccc(N2C(=O)CC(N(CCC3=CCCCC3)S(=O)(=O)c3ccc(C)cc3)C2=O)cc1. The summed E-state index contributed by atoms with van der Waals surface area (Å²) in [5.74, 6) is -0.869. The number of anilines is 1. The predicted octanol–water partition coefficient (Wildman–Crippen LogP) is 4.52. The molecule has 1 saturated heterocycles. The number of carbonyl (C=O) groups excluding carboxylic acids is 2. The summed E-state index contributed by atoms with van der Waals surface area (Å²) in [5, 5.41) is 0. The van der Waals surface area contributed by atoms with Gasteiger partial charge in [0.15, 0.2) is 0 Å². The molecule has 7 heteroatoms. The van der Waals surface area contributed by atoms with E-state index in [4.69, 9.17) is 0 Å². The number of carbonyl (C=O) groups is 2. The first-order valence-corrected chi connectivity index (χ1v) is 12.9. The summed E-state index contributed by atoms with van der Waals surface area (Å²) in [6, 6.07) is 12.7. The average molecular weight is 467 g/mol. The maximum atomic E-state index is 13.7. The summed E-state index contributed by atoms with van der Waals surface area (Å²) in [4.78, 5) is 27.5. The summed E-state index contributed by atoms with van der Waals surface area (Å²) in [5.41, 5.74) is 3.66. The van der Waals surface area contributed by atoms with Crippen molar-refractivity contribution in [1.82, 2.24) is 4.31 Å². The van der Waals surface area contributed by atoms with Crippen LogP contribution in [-0.2, 0) is 19.6 Å². The Morgan fingerprint density at radius 1 is 0.939 bits per heavy atom. The lowest BCUT2D eigenvalue weighted by atomic mass is 9.97. The molecule has 2 aliphatic rings. The molecule has 0 N–H and O–H groups in total. The van der Waals surface area contributed by atoms with Crippen molar-refractivity contribution in [3.8, 4) is 0 Å². The third kappa shape index (κ3) is 4.94. The van der Waals surface area contributed by atoms with Gasteiger partial charge in [0, 0.05) is 6.54 Å². The first-order chi connectivity index (χ1) is 15.8. The minimum Gasteiger partial charge on any atom is -0.274 e. The summed E-state index contributed by atoms with van der Waals surface area (Å²) in [7, 11) is -3.96. The van der Waals surface area contributed by atoms with E-state index in [0.717, 1.165) is 41.7 Å². The Morgan fingerprint density at radius 2 is 1.58 bits per heavy atom. The number of aryl methyl sites for hydroxylation is 2. The molecule has 0 aromatic heterocycles. The predicted molar refractivity (Wildman–Crippen MR) is 128 cm³/mol. The lowest BCUT2D eigenvalue weighted by Crippen LogP contribution is -2.46. The quantitative estimate of drug-likeness (QED) is 0.444. The van der Waals surface area contributed by atoms with E-state index in [2.05, 4.69) is 6.08 Å². The largest absolute Gasteiger partial charge is 0.274 e. The molecule has 174 valence electrons. The Kier molecular flexibility index (Phi) is 6.81. The number of amides is 2. The van der Waals surface area contributed by atoms with Crippen LogP contribution >= 0.6 is 0 Å². The minimum absolute atomic E-state index is 0.139. The second-order valence-corrected chi connectivity index (χ2v) is 10.8. The zero-order valence-corrected chi connectivity index (χ0v) is 20.0. The Balaban J connectivity index is 1.67. The van der Waals surface area contributed by atoms with Gasteiger partial charge in [-0.2, -0.15) is 4.31 Å². The van der Waals surface area contributed by atoms with Gasteiger partial charge in [-0.25, -0.2) is 13.3 Å². The van der Waals surface area contributed by atoms with E-state index in [1.54, 1.807) is 36.4 Å². The molecule has 1 atom stereocenters. The van der Waals surface area contributed by atoms with Crippen molar-refractivity contribution in [2.45, 2.75) is 63.3 Å². The van der Waals surface area contributed by atoms with Crippen LogP contribution in [0.25, 0.3) is 0 Å². The first kappa shape index (κ1) is 23.4. The van der Waals surface area contributed by atoms with Crippen LogP contribution in [0.1, 0.15) is 49.7 Å². The molecule has 6 nitrogen and oxygen atoms in total. The van der Waals surface area contributed by atoms with E-state index >= 15 is 0 Å². The highest BCUT2D eigenvalue weighted by atomic mass is 32.2. The van der Waals surface area contributed by atoms with Crippen molar-refractivity contribution < 1.29 is 18.0 Å². The highest BCUT2D eigenvalue weighted by Gasteiger charge is 2.46. The highest BCUT2D eigenvalue weighted by Crippen LogP contribution is 2.31. The van der Waals surface area contributed by atoms with Crippen LogP contribution in [-0.4, -0.2) is 37.1 Å². The van der Waals surface area contributed by atoms with E-state index in [9.17, 15) is 18.0 Å². The van der Waals surface area contributed by atoms with Crippen molar-refractivity contribution >= 4 is 27.5 Å². The summed E-state index contributed by atoms with van der Waals surface area (Å²) < 4.78 is 28.6. The van der Waals surface area contributed by atoms with Gasteiger partial charge < -0.3 is 0 Å². The van der Waals surface area contributed by atoms with Crippen molar-refractivity contribution in [3.63, 3.8) is 0 Å².